The highest BCUT2D eigenvalue weighted by molar-refractivity contribution is 7.89. The molecule has 2 aromatic rings. The van der Waals surface area contributed by atoms with Gasteiger partial charge in [0.05, 0.1) is 23.6 Å². The highest BCUT2D eigenvalue weighted by Gasteiger charge is 2.30. The molecule has 0 radical (unpaired) electrons. The Balaban J connectivity index is 1.57. The van der Waals surface area contributed by atoms with Gasteiger partial charge in [0, 0.05) is 31.9 Å². The number of piperazine rings is 1. The molecule has 0 saturated carbocycles. The molecule has 1 fully saturated rings. The van der Waals surface area contributed by atoms with Gasteiger partial charge < -0.3 is 10.1 Å². The van der Waals surface area contributed by atoms with Crippen molar-refractivity contribution in [3.8, 4) is 5.75 Å². The summed E-state index contributed by atoms with van der Waals surface area (Å²) in [5.74, 6) is 0.359. The number of sulfonamides is 1. The van der Waals surface area contributed by atoms with Crippen molar-refractivity contribution in [1.82, 2.24) is 9.21 Å². The van der Waals surface area contributed by atoms with Crippen LogP contribution in [0.5, 0.6) is 5.75 Å². The molecule has 0 aromatic heterocycles. The van der Waals surface area contributed by atoms with Crippen molar-refractivity contribution in [1.29, 1.82) is 0 Å². The first kappa shape index (κ1) is 22.6. The van der Waals surface area contributed by atoms with E-state index < -0.39 is 10.0 Å². The van der Waals surface area contributed by atoms with Crippen molar-refractivity contribution in [2.45, 2.75) is 18.7 Å². The summed E-state index contributed by atoms with van der Waals surface area (Å²) in [6.07, 6.45) is 0. The summed E-state index contributed by atoms with van der Waals surface area (Å²) in [5.41, 5.74) is 2.23. The number of rotatable bonds is 6. The van der Waals surface area contributed by atoms with Crippen LogP contribution in [0.25, 0.3) is 0 Å². The molecule has 1 heterocycles. The van der Waals surface area contributed by atoms with Gasteiger partial charge >= 0.3 is 0 Å². The molecule has 1 saturated heterocycles. The van der Waals surface area contributed by atoms with Crippen LogP contribution < -0.4 is 10.1 Å². The Hall–Kier alpha value is -2.13. The molecule has 1 aliphatic heterocycles. The van der Waals surface area contributed by atoms with Gasteiger partial charge in [-0.15, -0.1) is 0 Å². The first-order chi connectivity index (χ1) is 14.2. The standard InChI is InChI=1S/C21H26ClN3O4S/c1-15-4-5-16(2)20(12-15)30(27,28)25-10-8-24(9-11-25)14-21(26)23-17-6-7-19(29-3)18(22)13-17/h4-7,12-13H,8-11,14H2,1-3H3,(H,23,26). The zero-order valence-corrected chi connectivity index (χ0v) is 18.9. The topological polar surface area (TPSA) is 79.0 Å². The van der Waals surface area contributed by atoms with Crippen molar-refractivity contribution < 1.29 is 17.9 Å². The second-order valence-corrected chi connectivity index (χ2v) is 9.66. The summed E-state index contributed by atoms with van der Waals surface area (Å²) in [5, 5.41) is 3.23. The van der Waals surface area contributed by atoms with E-state index in [0.29, 0.717) is 47.5 Å². The molecule has 9 heteroatoms. The molecular formula is C21H26ClN3O4S. The highest BCUT2D eigenvalue weighted by Crippen LogP contribution is 2.27. The van der Waals surface area contributed by atoms with Crippen LogP contribution in [0.15, 0.2) is 41.3 Å². The largest absolute Gasteiger partial charge is 0.495 e. The molecule has 0 spiro atoms. The van der Waals surface area contributed by atoms with E-state index in [9.17, 15) is 13.2 Å². The minimum atomic E-state index is -3.55. The second kappa shape index (κ2) is 9.34. The molecule has 3 rings (SSSR count). The minimum absolute atomic E-state index is 0.179. The van der Waals surface area contributed by atoms with Crippen LogP contribution in [0, 0.1) is 13.8 Å². The third-order valence-corrected chi connectivity index (χ3v) is 7.43. The average Bonchev–Trinajstić information content (AvgIpc) is 2.70. The van der Waals surface area contributed by atoms with Gasteiger partial charge in [-0.2, -0.15) is 4.31 Å². The predicted molar refractivity (Wildman–Crippen MR) is 118 cm³/mol. The van der Waals surface area contributed by atoms with E-state index in [0.717, 1.165) is 11.1 Å². The van der Waals surface area contributed by atoms with Crippen LogP contribution in [0.2, 0.25) is 5.02 Å². The zero-order valence-electron chi connectivity index (χ0n) is 17.3. The Kier molecular flexibility index (Phi) is 7.02. The van der Waals surface area contributed by atoms with Crippen LogP contribution in [0.1, 0.15) is 11.1 Å². The quantitative estimate of drug-likeness (QED) is 0.730. The monoisotopic (exact) mass is 451 g/mol. The number of carbonyl (C=O) groups excluding carboxylic acids is 1. The van der Waals surface area contributed by atoms with Crippen molar-refractivity contribution in [2.24, 2.45) is 0 Å². The van der Waals surface area contributed by atoms with E-state index >= 15 is 0 Å². The van der Waals surface area contributed by atoms with Crippen molar-refractivity contribution in [2.75, 3.05) is 45.2 Å². The maximum atomic E-state index is 13.0. The maximum Gasteiger partial charge on any atom is 0.243 e. The Labute approximate surface area is 182 Å². The Morgan fingerprint density at radius 3 is 2.43 bits per heavy atom. The average molecular weight is 452 g/mol. The van der Waals surface area contributed by atoms with Crippen molar-refractivity contribution >= 4 is 33.2 Å². The number of anilines is 1. The molecule has 1 amide bonds. The first-order valence-electron chi connectivity index (χ1n) is 9.64. The Morgan fingerprint density at radius 1 is 1.10 bits per heavy atom. The Bertz CT molecular complexity index is 1030. The van der Waals surface area contributed by atoms with Crippen LogP contribution >= 0.6 is 11.6 Å². The predicted octanol–water partition coefficient (Wildman–Crippen LogP) is 2.91. The summed E-state index contributed by atoms with van der Waals surface area (Å²) >= 11 is 6.09. The summed E-state index contributed by atoms with van der Waals surface area (Å²) in [7, 11) is -2.02. The van der Waals surface area contributed by atoms with Gasteiger partial charge in [-0.25, -0.2) is 8.42 Å². The van der Waals surface area contributed by atoms with Crippen molar-refractivity contribution in [3.05, 3.63) is 52.5 Å². The van der Waals surface area contributed by atoms with Gasteiger partial charge in [0.25, 0.3) is 0 Å². The number of benzene rings is 2. The summed E-state index contributed by atoms with van der Waals surface area (Å²) in [6.45, 7) is 5.53. The summed E-state index contributed by atoms with van der Waals surface area (Å²) < 4.78 is 32.6. The number of amides is 1. The van der Waals surface area contributed by atoms with Crippen LogP contribution in [-0.4, -0.2) is 63.4 Å². The molecule has 2 aromatic carbocycles. The number of nitrogens with zero attached hydrogens (tertiary/aromatic N) is 2. The number of nitrogens with one attached hydrogen (secondary N) is 1. The lowest BCUT2D eigenvalue weighted by Crippen LogP contribution is -2.50. The number of hydrogen-bond donors (Lipinski definition) is 1. The molecule has 7 nitrogen and oxygen atoms in total. The normalized spacial score (nSPS) is 15.7. The van der Waals surface area contributed by atoms with E-state index in [2.05, 4.69) is 5.32 Å². The fraction of sp³-hybridized carbons (Fsp3) is 0.381. The molecule has 0 aliphatic carbocycles. The molecule has 0 bridgehead atoms. The fourth-order valence-electron chi connectivity index (χ4n) is 3.40. The van der Waals surface area contributed by atoms with E-state index in [1.54, 1.807) is 31.2 Å². The summed E-state index contributed by atoms with van der Waals surface area (Å²) in [4.78, 5) is 14.7. The molecule has 30 heavy (non-hydrogen) atoms. The van der Waals surface area contributed by atoms with E-state index in [-0.39, 0.29) is 12.5 Å². The van der Waals surface area contributed by atoms with Gasteiger partial charge in [0.1, 0.15) is 5.75 Å². The van der Waals surface area contributed by atoms with Gasteiger partial charge in [-0.3, -0.25) is 9.69 Å². The lowest BCUT2D eigenvalue weighted by molar-refractivity contribution is -0.117. The lowest BCUT2D eigenvalue weighted by atomic mass is 10.2. The number of halogens is 1. The molecule has 0 atom stereocenters. The molecular weight excluding hydrogens is 426 g/mol. The smallest absolute Gasteiger partial charge is 0.243 e. The van der Waals surface area contributed by atoms with E-state index in [1.807, 2.05) is 24.0 Å². The third-order valence-electron chi connectivity index (χ3n) is 5.10. The number of methoxy groups -OCH3 is 1. The van der Waals surface area contributed by atoms with Crippen LogP contribution in [-0.2, 0) is 14.8 Å². The Morgan fingerprint density at radius 2 is 1.80 bits per heavy atom. The number of ether oxygens (including phenoxy) is 1. The molecule has 1 aliphatic rings. The zero-order chi connectivity index (χ0) is 21.9. The lowest BCUT2D eigenvalue weighted by Gasteiger charge is -2.33. The van der Waals surface area contributed by atoms with Crippen LogP contribution in [0.4, 0.5) is 5.69 Å². The SMILES string of the molecule is COc1ccc(NC(=O)CN2CCN(S(=O)(=O)c3cc(C)ccc3C)CC2)cc1Cl. The van der Waals surface area contributed by atoms with Gasteiger partial charge in [-0.05, 0) is 49.2 Å². The number of aryl methyl sites for hydroxylation is 2. The second-order valence-electron chi connectivity index (χ2n) is 7.35. The van der Waals surface area contributed by atoms with Crippen molar-refractivity contribution in [3.63, 3.8) is 0 Å². The first-order valence-corrected chi connectivity index (χ1v) is 11.5. The van der Waals surface area contributed by atoms with Crippen LogP contribution in [0.3, 0.4) is 0 Å². The highest BCUT2D eigenvalue weighted by atomic mass is 35.5. The maximum absolute atomic E-state index is 13.0. The third kappa shape index (κ3) is 5.13. The van der Waals surface area contributed by atoms with E-state index in [1.165, 1.54) is 11.4 Å². The fourth-order valence-corrected chi connectivity index (χ4v) is 5.39. The van der Waals surface area contributed by atoms with E-state index in [4.69, 9.17) is 16.3 Å². The number of hydrogen-bond acceptors (Lipinski definition) is 5. The number of carbonyl (C=O) groups is 1. The van der Waals surface area contributed by atoms with Gasteiger partial charge in [-0.1, -0.05) is 23.7 Å². The minimum Gasteiger partial charge on any atom is -0.495 e. The molecule has 0 unspecified atom stereocenters. The molecule has 162 valence electrons. The summed E-state index contributed by atoms with van der Waals surface area (Å²) in [6, 6.07) is 10.5. The van der Waals surface area contributed by atoms with Gasteiger partial charge in [0.15, 0.2) is 0 Å². The molecule has 1 N–H and O–H groups in total. The van der Waals surface area contributed by atoms with Gasteiger partial charge in [0.2, 0.25) is 15.9 Å².